The van der Waals surface area contributed by atoms with Gasteiger partial charge < -0.3 is 19.5 Å². The van der Waals surface area contributed by atoms with Gasteiger partial charge in [0, 0.05) is 16.6 Å². The Morgan fingerprint density at radius 2 is 1.74 bits per heavy atom. The number of nitrogens with one attached hydrogen (secondary N) is 2. The lowest BCUT2D eigenvalue weighted by Gasteiger charge is -2.14. The first-order valence-corrected chi connectivity index (χ1v) is 10.9. The summed E-state index contributed by atoms with van der Waals surface area (Å²) in [6.07, 6.45) is 0. The summed E-state index contributed by atoms with van der Waals surface area (Å²) in [6.45, 7) is 3.95. The maximum atomic E-state index is 12.6. The monoisotopic (exact) mass is 460 g/mol. The van der Waals surface area contributed by atoms with Gasteiger partial charge >= 0.3 is 5.97 Å². The summed E-state index contributed by atoms with van der Waals surface area (Å²) >= 11 is 0. The van der Waals surface area contributed by atoms with Crippen LogP contribution in [0.5, 0.6) is 11.5 Å². The smallest absolute Gasteiger partial charge is 0.361 e. The molecule has 174 valence electrons. The fraction of sp³-hybridized carbons (Fsp3) is 0.200. The number of hydrogen-bond donors (Lipinski definition) is 2. The van der Waals surface area contributed by atoms with E-state index in [2.05, 4.69) is 20.7 Å². The molecule has 0 spiro atoms. The highest BCUT2D eigenvalue weighted by molar-refractivity contribution is 6.02. The van der Waals surface area contributed by atoms with E-state index >= 15 is 0 Å². The second-order valence-corrected chi connectivity index (χ2v) is 7.20. The molecular weight excluding hydrogens is 436 g/mol. The van der Waals surface area contributed by atoms with Crippen molar-refractivity contribution in [2.75, 3.05) is 25.1 Å². The molecule has 0 aliphatic carbocycles. The molecule has 9 nitrogen and oxygen atoms in total. The molecule has 0 bridgehead atoms. The molecule has 34 heavy (non-hydrogen) atoms. The molecule has 0 aliphatic heterocycles. The van der Waals surface area contributed by atoms with Crippen molar-refractivity contribution in [2.24, 2.45) is 0 Å². The van der Waals surface area contributed by atoms with Crippen molar-refractivity contribution < 1.29 is 23.8 Å². The molecule has 3 aromatic carbocycles. The summed E-state index contributed by atoms with van der Waals surface area (Å²) in [6, 6.07) is 18.6. The van der Waals surface area contributed by atoms with Gasteiger partial charge in [-0.25, -0.2) is 4.79 Å². The number of carbonyl (C=O) groups excluding carboxylic acids is 2. The Morgan fingerprint density at radius 1 is 0.912 bits per heavy atom. The minimum atomic E-state index is -0.574. The molecule has 4 rings (SSSR count). The predicted octanol–water partition coefficient (Wildman–Crippen LogP) is 4.22. The molecule has 1 amide bonds. The van der Waals surface area contributed by atoms with Gasteiger partial charge in [-0.3, -0.25) is 4.79 Å². The van der Waals surface area contributed by atoms with Crippen molar-refractivity contribution >= 4 is 28.3 Å². The van der Waals surface area contributed by atoms with E-state index in [0.717, 1.165) is 10.8 Å². The molecule has 0 unspecified atom stereocenters. The molecule has 0 atom stereocenters. The second-order valence-electron chi connectivity index (χ2n) is 7.20. The van der Waals surface area contributed by atoms with Crippen molar-refractivity contribution in [1.82, 2.24) is 15.4 Å². The van der Waals surface area contributed by atoms with Crippen LogP contribution in [0.3, 0.4) is 0 Å². The van der Waals surface area contributed by atoms with Gasteiger partial charge in [-0.1, -0.05) is 36.4 Å². The molecule has 2 N–H and O–H groups in total. The quantitative estimate of drug-likeness (QED) is 0.359. The zero-order valence-electron chi connectivity index (χ0n) is 18.8. The van der Waals surface area contributed by atoms with E-state index in [1.807, 2.05) is 49.4 Å². The number of benzene rings is 3. The van der Waals surface area contributed by atoms with Crippen LogP contribution in [-0.2, 0) is 9.53 Å². The van der Waals surface area contributed by atoms with Crippen LogP contribution >= 0.6 is 0 Å². The third-order valence-electron chi connectivity index (χ3n) is 4.96. The number of aromatic amines is 1. The Labute approximate surface area is 196 Å². The number of rotatable bonds is 9. The van der Waals surface area contributed by atoms with Gasteiger partial charge in [-0.15, -0.1) is 5.10 Å². The van der Waals surface area contributed by atoms with Gasteiger partial charge in [0.05, 0.1) is 13.2 Å². The summed E-state index contributed by atoms with van der Waals surface area (Å²) in [4.78, 5) is 24.7. The number of esters is 1. The molecule has 1 heterocycles. The molecular formula is C25H24N4O5. The fourth-order valence-corrected chi connectivity index (χ4v) is 3.48. The van der Waals surface area contributed by atoms with E-state index in [1.165, 1.54) is 0 Å². The summed E-state index contributed by atoms with van der Waals surface area (Å²) in [5, 5.41) is 15.3. The van der Waals surface area contributed by atoms with Crippen molar-refractivity contribution in [1.29, 1.82) is 0 Å². The van der Waals surface area contributed by atoms with Crippen LogP contribution in [-0.4, -0.2) is 47.1 Å². The molecule has 0 saturated carbocycles. The molecule has 9 heteroatoms. The van der Waals surface area contributed by atoms with E-state index < -0.39 is 5.97 Å². The van der Waals surface area contributed by atoms with Gasteiger partial charge in [-0.2, -0.15) is 10.3 Å². The van der Waals surface area contributed by atoms with E-state index in [4.69, 9.17) is 14.2 Å². The van der Waals surface area contributed by atoms with Gasteiger partial charge in [0.15, 0.2) is 23.8 Å². The SMILES string of the molecule is CCOC(=O)c1n[nH]nc1-c1ccc(OCC(=O)Nc2cccc3ccccc23)c(OCC)c1. The summed E-state index contributed by atoms with van der Waals surface area (Å²) in [7, 11) is 0. The normalized spacial score (nSPS) is 10.6. The first-order chi connectivity index (χ1) is 16.6. The lowest BCUT2D eigenvalue weighted by molar-refractivity contribution is -0.118. The summed E-state index contributed by atoms with van der Waals surface area (Å²) < 4.78 is 16.5. The topological polar surface area (TPSA) is 115 Å². The standard InChI is InChI=1S/C25H24N4O5/c1-3-32-21-14-17(23-24(28-29-27-23)25(31)33-4-2)12-13-20(21)34-15-22(30)26-19-11-7-9-16-8-5-6-10-18(16)19/h5-14H,3-4,15H2,1-2H3,(H,26,30)(H,27,28,29). The van der Waals surface area contributed by atoms with Crippen molar-refractivity contribution in [3.8, 4) is 22.8 Å². The number of nitrogens with zero attached hydrogens (tertiary/aromatic N) is 2. The zero-order chi connectivity index (χ0) is 23.9. The summed E-state index contributed by atoms with van der Waals surface area (Å²) in [5.41, 5.74) is 1.71. The van der Waals surface area contributed by atoms with Gasteiger partial charge in [0.25, 0.3) is 5.91 Å². The number of amides is 1. The molecule has 0 aliphatic rings. The average molecular weight is 460 g/mol. The minimum absolute atomic E-state index is 0.0763. The highest BCUT2D eigenvalue weighted by Gasteiger charge is 2.20. The average Bonchev–Trinajstić information content (AvgIpc) is 3.34. The Bertz CT molecular complexity index is 1310. The number of carbonyl (C=O) groups is 2. The number of hydrogen-bond acceptors (Lipinski definition) is 7. The number of ether oxygens (including phenoxy) is 3. The third kappa shape index (κ3) is 4.98. The molecule has 0 radical (unpaired) electrons. The van der Waals surface area contributed by atoms with E-state index in [-0.39, 0.29) is 24.8 Å². The molecule has 1 aromatic heterocycles. The summed E-state index contributed by atoms with van der Waals surface area (Å²) in [5.74, 6) is -0.0748. The number of H-pyrrole nitrogens is 1. The van der Waals surface area contributed by atoms with Gasteiger partial charge in [0.2, 0.25) is 0 Å². The Balaban J connectivity index is 1.50. The lowest BCUT2D eigenvalue weighted by Crippen LogP contribution is -2.20. The number of anilines is 1. The first-order valence-electron chi connectivity index (χ1n) is 10.9. The Hall–Kier alpha value is -4.40. The van der Waals surface area contributed by atoms with Crippen LogP contribution in [0.15, 0.2) is 60.7 Å². The molecule has 0 fully saturated rings. The predicted molar refractivity (Wildman–Crippen MR) is 127 cm³/mol. The highest BCUT2D eigenvalue weighted by Crippen LogP contribution is 2.33. The van der Waals surface area contributed by atoms with Crippen molar-refractivity contribution in [3.05, 3.63) is 66.4 Å². The van der Waals surface area contributed by atoms with Gasteiger partial charge in [0.1, 0.15) is 5.69 Å². The number of fused-ring (bicyclic) bond motifs is 1. The molecule has 0 saturated heterocycles. The number of aromatic nitrogens is 3. The van der Waals surface area contributed by atoms with Crippen molar-refractivity contribution in [2.45, 2.75) is 13.8 Å². The maximum absolute atomic E-state index is 12.6. The van der Waals surface area contributed by atoms with Crippen LogP contribution in [0, 0.1) is 0 Å². The Kier molecular flexibility index (Phi) is 7.02. The fourth-order valence-electron chi connectivity index (χ4n) is 3.48. The minimum Gasteiger partial charge on any atom is -0.490 e. The third-order valence-corrected chi connectivity index (χ3v) is 4.96. The molecule has 4 aromatic rings. The first kappa shape index (κ1) is 22.8. The van der Waals surface area contributed by atoms with Crippen LogP contribution in [0.2, 0.25) is 0 Å². The van der Waals surface area contributed by atoms with Gasteiger partial charge in [-0.05, 0) is 43.5 Å². The second kappa shape index (κ2) is 10.5. The Morgan fingerprint density at radius 3 is 2.56 bits per heavy atom. The van der Waals surface area contributed by atoms with Crippen LogP contribution in [0.1, 0.15) is 24.3 Å². The van der Waals surface area contributed by atoms with E-state index in [1.54, 1.807) is 25.1 Å². The van der Waals surface area contributed by atoms with E-state index in [0.29, 0.717) is 35.1 Å². The zero-order valence-corrected chi connectivity index (χ0v) is 18.8. The largest absolute Gasteiger partial charge is 0.490 e. The van der Waals surface area contributed by atoms with Crippen molar-refractivity contribution in [3.63, 3.8) is 0 Å². The highest BCUT2D eigenvalue weighted by atomic mass is 16.5. The van der Waals surface area contributed by atoms with Crippen LogP contribution in [0.25, 0.3) is 22.0 Å². The van der Waals surface area contributed by atoms with Crippen LogP contribution in [0.4, 0.5) is 5.69 Å². The van der Waals surface area contributed by atoms with E-state index in [9.17, 15) is 9.59 Å². The van der Waals surface area contributed by atoms with Crippen LogP contribution < -0.4 is 14.8 Å². The lowest BCUT2D eigenvalue weighted by atomic mass is 10.1. The maximum Gasteiger partial charge on any atom is 0.361 e.